The fourth-order valence-corrected chi connectivity index (χ4v) is 5.16. The van der Waals surface area contributed by atoms with Crippen LogP contribution in [0.1, 0.15) is 23.7 Å². The molecule has 1 atom stereocenters. The monoisotopic (exact) mass is 399 g/mol. The second-order valence-electron chi connectivity index (χ2n) is 3.67. The molecule has 0 saturated carbocycles. The number of thioether (sulfide) groups is 1. The van der Waals surface area contributed by atoms with E-state index in [2.05, 4.69) is 45.0 Å². The zero-order valence-electron chi connectivity index (χ0n) is 10.00. The van der Waals surface area contributed by atoms with E-state index in [1.165, 1.54) is 11.3 Å². The molecule has 0 spiro atoms. The fraction of sp³-hybridized carbons (Fsp3) is 0.545. The van der Waals surface area contributed by atoms with Crippen molar-refractivity contribution in [2.45, 2.75) is 19.4 Å². The maximum Gasteiger partial charge on any atom is 0.255 e. The van der Waals surface area contributed by atoms with Gasteiger partial charge in [-0.3, -0.25) is 4.79 Å². The van der Waals surface area contributed by atoms with E-state index < -0.39 is 0 Å². The van der Waals surface area contributed by atoms with E-state index in [0.717, 1.165) is 25.3 Å². The molecule has 1 aromatic rings. The number of hydrogen-bond donors (Lipinski definition) is 0. The molecule has 2 nitrogen and oxygen atoms in total. The Morgan fingerprint density at radius 3 is 2.65 bits per heavy atom. The molecule has 6 heteroatoms. The summed E-state index contributed by atoms with van der Waals surface area (Å²) in [5, 5.41) is 0. The molecule has 0 radical (unpaired) electrons. The Labute approximate surface area is 127 Å². The third-order valence-electron chi connectivity index (χ3n) is 2.59. The maximum absolute atomic E-state index is 12.3. The highest BCUT2D eigenvalue weighted by molar-refractivity contribution is 9.12. The summed E-state index contributed by atoms with van der Waals surface area (Å²) in [7, 11) is 1.88. The molecule has 96 valence electrons. The number of thiophene rings is 1. The van der Waals surface area contributed by atoms with Gasteiger partial charge in [-0.1, -0.05) is 6.92 Å². The molecule has 1 rings (SSSR count). The van der Waals surface area contributed by atoms with Crippen molar-refractivity contribution in [1.82, 2.24) is 4.90 Å². The molecule has 1 amide bonds. The average Bonchev–Trinajstić information content (AvgIpc) is 2.63. The van der Waals surface area contributed by atoms with Crippen molar-refractivity contribution in [1.29, 1.82) is 0 Å². The lowest BCUT2D eigenvalue weighted by Gasteiger charge is -2.26. The number of amides is 1. The van der Waals surface area contributed by atoms with Gasteiger partial charge >= 0.3 is 0 Å². The van der Waals surface area contributed by atoms with Gasteiger partial charge in [-0.15, -0.1) is 11.3 Å². The van der Waals surface area contributed by atoms with Gasteiger partial charge in [0.15, 0.2) is 0 Å². The second-order valence-corrected chi connectivity index (χ2v) is 8.33. The van der Waals surface area contributed by atoms with Crippen molar-refractivity contribution < 1.29 is 4.79 Å². The SMILES string of the molecule is CCC(CSC)N(C)C(=O)c1cc(Br)sc1Br. The van der Waals surface area contributed by atoms with Crippen LogP contribution in [0.5, 0.6) is 0 Å². The Hall–Kier alpha value is 0.480. The summed E-state index contributed by atoms with van der Waals surface area (Å²) in [5.74, 6) is 1.06. The smallest absolute Gasteiger partial charge is 0.255 e. The maximum atomic E-state index is 12.3. The van der Waals surface area contributed by atoms with Crippen LogP contribution in [-0.4, -0.2) is 35.9 Å². The molecule has 1 heterocycles. The van der Waals surface area contributed by atoms with Gasteiger partial charge in [-0.2, -0.15) is 11.8 Å². The van der Waals surface area contributed by atoms with Crippen molar-refractivity contribution in [3.63, 3.8) is 0 Å². The van der Waals surface area contributed by atoms with Gasteiger partial charge in [-0.05, 0) is 50.6 Å². The molecule has 17 heavy (non-hydrogen) atoms. The second kappa shape index (κ2) is 7.16. The van der Waals surface area contributed by atoms with Crippen LogP contribution in [0.25, 0.3) is 0 Å². The van der Waals surface area contributed by atoms with Crippen molar-refractivity contribution in [2.75, 3.05) is 19.1 Å². The standard InChI is InChI=1S/C11H15Br2NOS2/c1-4-7(6-16-3)14(2)11(15)8-5-9(12)17-10(8)13/h5,7H,4,6H2,1-3H3. The first-order chi connectivity index (χ1) is 8.01. The van der Waals surface area contributed by atoms with Gasteiger partial charge in [0.1, 0.15) is 0 Å². The number of carbonyl (C=O) groups excluding carboxylic acids is 1. The third-order valence-corrected chi connectivity index (χ3v) is 5.64. The van der Waals surface area contributed by atoms with E-state index in [-0.39, 0.29) is 5.91 Å². The molecular weight excluding hydrogens is 386 g/mol. The highest BCUT2D eigenvalue weighted by atomic mass is 79.9. The van der Waals surface area contributed by atoms with Crippen LogP contribution >= 0.6 is 55.0 Å². The Morgan fingerprint density at radius 2 is 2.24 bits per heavy atom. The van der Waals surface area contributed by atoms with Crippen LogP contribution < -0.4 is 0 Å². The molecule has 1 aromatic heterocycles. The average molecular weight is 401 g/mol. The Balaban J connectivity index is 2.85. The van der Waals surface area contributed by atoms with E-state index in [4.69, 9.17) is 0 Å². The van der Waals surface area contributed by atoms with Gasteiger partial charge in [0.25, 0.3) is 5.91 Å². The van der Waals surface area contributed by atoms with Gasteiger partial charge < -0.3 is 4.90 Å². The highest BCUT2D eigenvalue weighted by Gasteiger charge is 2.22. The summed E-state index contributed by atoms with van der Waals surface area (Å²) >= 11 is 10.1. The summed E-state index contributed by atoms with van der Waals surface area (Å²) in [5.41, 5.74) is 0.740. The van der Waals surface area contributed by atoms with Crippen molar-refractivity contribution >= 4 is 60.9 Å². The predicted molar refractivity (Wildman–Crippen MR) is 84.3 cm³/mol. The molecule has 0 aliphatic rings. The minimum atomic E-state index is 0.0831. The van der Waals surface area contributed by atoms with Crippen LogP contribution in [0.4, 0.5) is 0 Å². The van der Waals surface area contributed by atoms with Gasteiger partial charge in [0.05, 0.1) is 13.1 Å². The number of carbonyl (C=O) groups is 1. The molecule has 0 N–H and O–H groups in total. The van der Waals surface area contributed by atoms with E-state index in [1.54, 1.807) is 11.8 Å². The molecular formula is C11H15Br2NOS2. The third kappa shape index (κ3) is 3.98. The van der Waals surface area contributed by atoms with Crippen LogP contribution in [0, 0.1) is 0 Å². The largest absolute Gasteiger partial charge is 0.338 e. The predicted octanol–water partition coefficient (Wildman–Crippen LogP) is 4.49. The molecule has 0 aromatic carbocycles. The van der Waals surface area contributed by atoms with Gasteiger partial charge in [0, 0.05) is 18.8 Å². The van der Waals surface area contributed by atoms with Crippen molar-refractivity contribution in [2.24, 2.45) is 0 Å². The van der Waals surface area contributed by atoms with Crippen LogP contribution in [0.2, 0.25) is 0 Å². The summed E-state index contributed by atoms with van der Waals surface area (Å²) < 4.78 is 1.86. The number of hydrogen-bond acceptors (Lipinski definition) is 3. The molecule has 0 aliphatic carbocycles. The zero-order valence-corrected chi connectivity index (χ0v) is 14.8. The summed E-state index contributed by atoms with van der Waals surface area (Å²) in [4.78, 5) is 14.2. The lowest BCUT2D eigenvalue weighted by Crippen LogP contribution is -2.38. The number of nitrogens with zero attached hydrogens (tertiary/aromatic N) is 1. The van der Waals surface area contributed by atoms with Crippen LogP contribution in [0.15, 0.2) is 13.6 Å². The first kappa shape index (κ1) is 15.5. The topological polar surface area (TPSA) is 20.3 Å². The van der Waals surface area contributed by atoms with E-state index in [9.17, 15) is 4.79 Å². The number of halogens is 2. The van der Waals surface area contributed by atoms with Crippen molar-refractivity contribution in [3.8, 4) is 0 Å². The molecule has 1 unspecified atom stereocenters. The Kier molecular flexibility index (Phi) is 6.55. The molecule has 0 fully saturated rings. The van der Waals surface area contributed by atoms with E-state index >= 15 is 0 Å². The van der Waals surface area contributed by atoms with Crippen LogP contribution in [-0.2, 0) is 0 Å². The minimum Gasteiger partial charge on any atom is -0.338 e. The lowest BCUT2D eigenvalue weighted by molar-refractivity contribution is 0.0743. The summed E-state index contributed by atoms with van der Waals surface area (Å²) in [6, 6.07) is 2.17. The van der Waals surface area contributed by atoms with Gasteiger partial charge in [0.2, 0.25) is 0 Å². The summed E-state index contributed by atoms with van der Waals surface area (Å²) in [6.45, 7) is 2.11. The van der Waals surface area contributed by atoms with Gasteiger partial charge in [-0.25, -0.2) is 0 Å². The molecule has 0 aliphatic heterocycles. The highest BCUT2D eigenvalue weighted by Crippen LogP contribution is 2.32. The Morgan fingerprint density at radius 1 is 1.59 bits per heavy atom. The first-order valence-corrected chi connectivity index (χ1v) is 9.01. The van der Waals surface area contributed by atoms with Crippen molar-refractivity contribution in [3.05, 3.63) is 19.2 Å². The minimum absolute atomic E-state index is 0.0831. The van der Waals surface area contributed by atoms with E-state index in [1.807, 2.05) is 18.0 Å². The quantitative estimate of drug-likeness (QED) is 0.725. The first-order valence-electron chi connectivity index (χ1n) is 5.22. The number of rotatable bonds is 5. The Bertz CT molecular complexity index is 395. The van der Waals surface area contributed by atoms with E-state index in [0.29, 0.717) is 6.04 Å². The normalized spacial score (nSPS) is 12.5. The molecule has 0 bridgehead atoms. The molecule has 0 saturated heterocycles. The fourth-order valence-electron chi connectivity index (χ4n) is 1.54. The van der Waals surface area contributed by atoms with Crippen LogP contribution in [0.3, 0.4) is 0 Å². The lowest BCUT2D eigenvalue weighted by atomic mass is 10.2. The zero-order chi connectivity index (χ0) is 13.0. The summed E-state index contributed by atoms with van der Waals surface area (Å²) in [6.07, 6.45) is 3.05.